The molecular formula is C14H12ClF3NO+. The number of halogens is 4. The van der Waals surface area contributed by atoms with Crippen LogP contribution in [0.2, 0.25) is 5.02 Å². The van der Waals surface area contributed by atoms with E-state index in [-0.39, 0.29) is 20.6 Å². The summed E-state index contributed by atoms with van der Waals surface area (Å²) in [7, 11) is 3.05. The van der Waals surface area contributed by atoms with Crippen molar-refractivity contribution in [3.8, 4) is 0 Å². The number of allylic oxidation sites excluding steroid dienone is 2. The predicted molar refractivity (Wildman–Crippen MR) is 70.7 cm³/mol. The van der Waals surface area contributed by atoms with Gasteiger partial charge < -0.3 is 0 Å². The summed E-state index contributed by atoms with van der Waals surface area (Å²) < 4.78 is 39.0. The molecule has 0 spiro atoms. The Morgan fingerprint density at radius 1 is 1.20 bits per heavy atom. The third-order valence-electron chi connectivity index (χ3n) is 3.04. The SMILES string of the molecule is C[N+]1(C)C=CC(C(F)(F)F)=C(c2cccc(Cl)c2)C1=O. The molecule has 1 aliphatic heterocycles. The third kappa shape index (κ3) is 2.64. The van der Waals surface area contributed by atoms with Crippen molar-refractivity contribution < 1.29 is 22.4 Å². The smallest absolute Gasteiger partial charge is 0.235 e. The first kappa shape index (κ1) is 14.8. The Morgan fingerprint density at radius 3 is 2.40 bits per heavy atom. The molecule has 1 aromatic rings. The highest BCUT2D eigenvalue weighted by molar-refractivity contribution is 6.31. The minimum absolute atomic E-state index is 0.172. The van der Waals surface area contributed by atoms with Crippen LogP contribution in [0.5, 0.6) is 0 Å². The normalized spacial score (nSPS) is 18.6. The molecule has 0 radical (unpaired) electrons. The van der Waals surface area contributed by atoms with E-state index in [2.05, 4.69) is 0 Å². The van der Waals surface area contributed by atoms with Gasteiger partial charge in [0.05, 0.1) is 25.2 Å². The zero-order chi connectivity index (χ0) is 15.1. The molecule has 0 N–H and O–H groups in total. The number of nitrogens with zero attached hydrogens (tertiary/aromatic N) is 1. The van der Waals surface area contributed by atoms with Crippen LogP contribution in [0.4, 0.5) is 13.2 Å². The zero-order valence-electron chi connectivity index (χ0n) is 10.8. The Kier molecular flexibility index (Phi) is 3.52. The maximum Gasteiger partial charge on any atom is 0.417 e. The van der Waals surface area contributed by atoms with E-state index in [1.54, 1.807) is 6.07 Å². The number of benzene rings is 1. The second kappa shape index (κ2) is 4.75. The average Bonchev–Trinajstić information content (AvgIpc) is 2.31. The van der Waals surface area contributed by atoms with Gasteiger partial charge >= 0.3 is 12.1 Å². The summed E-state index contributed by atoms with van der Waals surface area (Å²) in [4.78, 5) is 12.3. The van der Waals surface area contributed by atoms with Crippen molar-refractivity contribution in [1.29, 1.82) is 0 Å². The van der Waals surface area contributed by atoms with Gasteiger partial charge in [-0.2, -0.15) is 13.2 Å². The van der Waals surface area contributed by atoms with Crippen LogP contribution in [-0.2, 0) is 4.79 Å². The quantitative estimate of drug-likeness (QED) is 0.721. The molecule has 1 amide bonds. The van der Waals surface area contributed by atoms with Gasteiger partial charge in [0, 0.05) is 11.1 Å². The highest BCUT2D eigenvalue weighted by Gasteiger charge is 2.44. The molecule has 1 heterocycles. The average molecular weight is 303 g/mol. The van der Waals surface area contributed by atoms with Gasteiger partial charge in [0.2, 0.25) is 0 Å². The van der Waals surface area contributed by atoms with Crippen LogP contribution in [-0.4, -0.2) is 30.7 Å². The first-order valence-corrected chi connectivity index (χ1v) is 6.16. The number of amides is 1. The first-order chi connectivity index (χ1) is 9.13. The van der Waals surface area contributed by atoms with Gasteiger partial charge in [0.25, 0.3) is 0 Å². The Labute approximate surface area is 119 Å². The molecule has 20 heavy (non-hydrogen) atoms. The van der Waals surface area contributed by atoms with E-state index in [1.807, 2.05) is 0 Å². The highest BCUT2D eigenvalue weighted by atomic mass is 35.5. The van der Waals surface area contributed by atoms with E-state index in [4.69, 9.17) is 11.6 Å². The molecule has 0 bridgehead atoms. The lowest BCUT2D eigenvalue weighted by molar-refractivity contribution is -0.755. The Morgan fingerprint density at radius 2 is 1.85 bits per heavy atom. The maximum atomic E-state index is 13.1. The Balaban J connectivity index is 2.72. The number of carbonyl (C=O) groups excluding carboxylic acids is 1. The molecular weight excluding hydrogens is 291 g/mol. The zero-order valence-corrected chi connectivity index (χ0v) is 11.6. The summed E-state index contributed by atoms with van der Waals surface area (Å²) >= 11 is 5.81. The minimum atomic E-state index is -4.59. The van der Waals surface area contributed by atoms with Gasteiger partial charge in [-0.15, -0.1) is 0 Å². The summed E-state index contributed by atoms with van der Waals surface area (Å²) in [5.74, 6) is -0.623. The lowest BCUT2D eigenvalue weighted by Crippen LogP contribution is -2.43. The predicted octanol–water partition coefficient (Wildman–Crippen LogP) is 3.79. The first-order valence-electron chi connectivity index (χ1n) is 5.78. The molecule has 0 fully saturated rings. The Bertz CT molecular complexity index is 630. The molecule has 1 aliphatic rings. The lowest BCUT2D eigenvalue weighted by atomic mass is 9.95. The second-order valence-electron chi connectivity index (χ2n) is 4.96. The number of likely N-dealkylation sites (N-methyl/N-ethyl adjacent to an activating group) is 1. The summed E-state index contributed by atoms with van der Waals surface area (Å²) in [5.41, 5.74) is -1.12. The number of hydrogen-bond donors (Lipinski definition) is 0. The van der Waals surface area contributed by atoms with Crippen LogP contribution in [0.15, 0.2) is 42.1 Å². The fourth-order valence-corrected chi connectivity index (χ4v) is 2.16. The maximum absolute atomic E-state index is 13.1. The summed E-state index contributed by atoms with van der Waals surface area (Å²) in [6.07, 6.45) is -2.43. The number of carbonyl (C=O) groups is 1. The van der Waals surface area contributed by atoms with Crippen molar-refractivity contribution in [1.82, 2.24) is 0 Å². The molecule has 0 unspecified atom stereocenters. The molecule has 0 saturated carbocycles. The van der Waals surface area contributed by atoms with E-state index >= 15 is 0 Å². The summed E-state index contributed by atoms with van der Waals surface area (Å²) in [6.45, 7) is 0. The third-order valence-corrected chi connectivity index (χ3v) is 3.27. The Hall–Kier alpha value is -1.59. The fraction of sp³-hybridized carbons (Fsp3) is 0.214. The summed E-state index contributed by atoms with van der Waals surface area (Å²) in [5, 5.41) is 0.282. The van der Waals surface area contributed by atoms with Gasteiger partial charge in [-0.1, -0.05) is 23.7 Å². The molecule has 0 atom stereocenters. The molecule has 106 valence electrons. The number of rotatable bonds is 1. The van der Waals surface area contributed by atoms with Gasteiger partial charge in [-0.3, -0.25) is 0 Å². The van der Waals surface area contributed by atoms with Crippen molar-refractivity contribution in [2.24, 2.45) is 0 Å². The van der Waals surface area contributed by atoms with Crippen molar-refractivity contribution in [2.45, 2.75) is 6.18 Å². The molecule has 2 rings (SSSR count). The lowest BCUT2D eigenvalue weighted by Gasteiger charge is -2.28. The van der Waals surface area contributed by atoms with Crippen LogP contribution in [0.3, 0.4) is 0 Å². The molecule has 0 aromatic heterocycles. The molecule has 6 heteroatoms. The van der Waals surface area contributed by atoms with Crippen LogP contribution in [0, 0.1) is 0 Å². The van der Waals surface area contributed by atoms with E-state index in [9.17, 15) is 18.0 Å². The van der Waals surface area contributed by atoms with Gasteiger partial charge in [0.1, 0.15) is 6.20 Å². The van der Waals surface area contributed by atoms with Gasteiger partial charge in [-0.05, 0) is 17.7 Å². The molecule has 0 aliphatic carbocycles. The number of hydrogen-bond acceptors (Lipinski definition) is 1. The van der Waals surface area contributed by atoms with E-state index in [0.717, 1.165) is 6.08 Å². The van der Waals surface area contributed by atoms with Crippen LogP contribution in [0.25, 0.3) is 5.57 Å². The molecule has 2 nitrogen and oxygen atoms in total. The van der Waals surface area contributed by atoms with Gasteiger partial charge in [0.15, 0.2) is 0 Å². The van der Waals surface area contributed by atoms with Crippen molar-refractivity contribution in [3.63, 3.8) is 0 Å². The topological polar surface area (TPSA) is 17.1 Å². The summed E-state index contributed by atoms with van der Waals surface area (Å²) in [6, 6.07) is 5.87. The van der Waals surface area contributed by atoms with E-state index in [0.29, 0.717) is 0 Å². The van der Waals surface area contributed by atoms with Crippen molar-refractivity contribution in [2.75, 3.05) is 14.1 Å². The standard InChI is InChI=1S/C14H12ClF3NO/c1-19(2)7-6-11(14(16,17)18)12(13(19)20)9-4-3-5-10(15)8-9/h3-8H,1-2H3/q+1. The van der Waals surface area contributed by atoms with Crippen LogP contribution >= 0.6 is 11.6 Å². The second-order valence-corrected chi connectivity index (χ2v) is 5.39. The monoisotopic (exact) mass is 302 g/mol. The van der Waals surface area contributed by atoms with E-state index in [1.165, 1.54) is 38.5 Å². The fourth-order valence-electron chi connectivity index (χ4n) is 1.97. The molecule has 0 saturated heterocycles. The van der Waals surface area contributed by atoms with E-state index < -0.39 is 17.7 Å². The van der Waals surface area contributed by atoms with Crippen LogP contribution < -0.4 is 0 Å². The molecule has 1 aromatic carbocycles. The van der Waals surface area contributed by atoms with Crippen LogP contribution in [0.1, 0.15) is 5.56 Å². The number of quaternary nitrogens is 1. The number of alkyl halides is 3. The largest absolute Gasteiger partial charge is 0.417 e. The minimum Gasteiger partial charge on any atom is -0.235 e. The highest BCUT2D eigenvalue weighted by Crippen LogP contribution is 2.38. The van der Waals surface area contributed by atoms with Crippen molar-refractivity contribution in [3.05, 3.63) is 52.7 Å². The van der Waals surface area contributed by atoms with Crippen molar-refractivity contribution >= 4 is 23.1 Å². The van der Waals surface area contributed by atoms with Gasteiger partial charge in [-0.25, -0.2) is 9.28 Å².